The summed E-state index contributed by atoms with van der Waals surface area (Å²) in [7, 11) is 0. The molecule has 0 aliphatic carbocycles. The molecule has 0 saturated carbocycles. The monoisotopic (exact) mass is 362 g/mol. The van der Waals surface area contributed by atoms with E-state index in [1.807, 2.05) is 62.4 Å². The van der Waals surface area contributed by atoms with E-state index >= 15 is 0 Å². The van der Waals surface area contributed by atoms with Gasteiger partial charge in [-0.1, -0.05) is 44.2 Å². The zero-order valence-corrected chi connectivity index (χ0v) is 16.4. The fourth-order valence-corrected chi connectivity index (χ4v) is 2.58. The summed E-state index contributed by atoms with van der Waals surface area (Å²) in [5.74, 6) is 0.972. The van der Waals surface area contributed by atoms with Gasteiger partial charge in [0.15, 0.2) is 0 Å². The molecule has 2 aromatic carbocycles. The van der Waals surface area contributed by atoms with Crippen LogP contribution in [0.5, 0.6) is 5.75 Å². The molecule has 0 radical (unpaired) electrons. The van der Waals surface area contributed by atoms with Crippen LogP contribution in [-0.4, -0.2) is 12.5 Å². The van der Waals surface area contributed by atoms with Gasteiger partial charge in [0.2, 0.25) is 0 Å². The lowest BCUT2D eigenvalue weighted by atomic mass is 10.1. The zero-order chi connectivity index (χ0) is 19.8. The minimum Gasteiger partial charge on any atom is -0.494 e. The molecule has 140 valence electrons. The predicted molar refractivity (Wildman–Crippen MR) is 110 cm³/mol. The molecule has 2 aromatic rings. The first-order valence-corrected chi connectivity index (χ1v) is 9.13. The summed E-state index contributed by atoms with van der Waals surface area (Å²) in [5, 5.41) is 12.2. The van der Waals surface area contributed by atoms with E-state index in [0.29, 0.717) is 12.5 Å². The molecule has 27 heavy (non-hydrogen) atoms. The van der Waals surface area contributed by atoms with Gasteiger partial charge in [-0.25, -0.2) is 0 Å². The molecule has 0 fully saturated rings. The molecule has 4 nitrogen and oxygen atoms in total. The summed E-state index contributed by atoms with van der Waals surface area (Å²) in [4.78, 5) is 12.5. The second-order valence-electron chi connectivity index (χ2n) is 6.99. The highest BCUT2D eigenvalue weighted by molar-refractivity contribution is 6.10. The van der Waals surface area contributed by atoms with E-state index in [2.05, 4.69) is 19.2 Å². The van der Waals surface area contributed by atoms with E-state index in [0.717, 1.165) is 34.5 Å². The fourth-order valence-electron chi connectivity index (χ4n) is 2.58. The molecule has 0 saturated heterocycles. The molecule has 0 heterocycles. The molecule has 0 atom stereocenters. The Kier molecular flexibility index (Phi) is 7.19. The first-order valence-electron chi connectivity index (χ1n) is 9.13. The third kappa shape index (κ3) is 6.00. The topological polar surface area (TPSA) is 62.1 Å². The van der Waals surface area contributed by atoms with Crippen LogP contribution < -0.4 is 10.1 Å². The zero-order valence-electron chi connectivity index (χ0n) is 16.4. The SMILES string of the molecule is Cc1cccc(C)c1NC(=O)/C(C#N)=C\c1ccc(OCCC(C)C)cc1. The Labute approximate surface area is 161 Å². The van der Waals surface area contributed by atoms with Gasteiger partial charge in [0.25, 0.3) is 5.91 Å². The van der Waals surface area contributed by atoms with Gasteiger partial charge in [-0.15, -0.1) is 0 Å². The van der Waals surface area contributed by atoms with Crippen molar-refractivity contribution in [1.29, 1.82) is 5.26 Å². The lowest BCUT2D eigenvalue weighted by Gasteiger charge is -2.11. The number of para-hydroxylation sites is 1. The number of nitrogens with zero attached hydrogens (tertiary/aromatic N) is 1. The maximum atomic E-state index is 12.5. The maximum absolute atomic E-state index is 12.5. The molecule has 0 bridgehead atoms. The van der Waals surface area contributed by atoms with Crippen LogP contribution in [-0.2, 0) is 4.79 Å². The van der Waals surface area contributed by atoms with Gasteiger partial charge in [-0.3, -0.25) is 4.79 Å². The van der Waals surface area contributed by atoms with Crippen LogP contribution in [0.2, 0.25) is 0 Å². The van der Waals surface area contributed by atoms with Gasteiger partial charge >= 0.3 is 0 Å². The average Bonchev–Trinajstić information content (AvgIpc) is 2.63. The number of ether oxygens (including phenoxy) is 1. The number of hydrogen-bond donors (Lipinski definition) is 1. The van der Waals surface area contributed by atoms with Crippen molar-refractivity contribution in [3.8, 4) is 11.8 Å². The van der Waals surface area contributed by atoms with Crippen molar-refractivity contribution in [1.82, 2.24) is 0 Å². The third-order valence-corrected chi connectivity index (χ3v) is 4.24. The van der Waals surface area contributed by atoms with Gasteiger partial charge in [-0.2, -0.15) is 5.26 Å². The normalized spacial score (nSPS) is 11.2. The van der Waals surface area contributed by atoms with Crippen molar-refractivity contribution in [2.75, 3.05) is 11.9 Å². The molecule has 1 amide bonds. The van der Waals surface area contributed by atoms with Crippen molar-refractivity contribution in [3.63, 3.8) is 0 Å². The highest BCUT2D eigenvalue weighted by Gasteiger charge is 2.12. The van der Waals surface area contributed by atoms with Crippen LogP contribution in [0.1, 0.15) is 37.0 Å². The highest BCUT2D eigenvalue weighted by atomic mass is 16.5. The molecule has 0 aliphatic rings. The Morgan fingerprint density at radius 1 is 1.15 bits per heavy atom. The number of carbonyl (C=O) groups excluding carboxylic acids is 1. The number of aryl methyl sites for hydroxylation is 2. The number of benzene rings is 2. The van der Waals surface area contributed by atoms with E-state index in [9.17, 15) is 10.1 Å². The Morgan fingerprint density at radius 2 is 1.78 bits per heavy atom. The molecule has 0 aromatic heterocycles. The molecule has 2 rings (SSSR count). The van der Waals surface area contributed by atoms with Crippen molar-refractivity contribution >= 4 is 17.7 Å². The van der Waals surface area contributed by atoms with Crippen molar-refractivity contribution in [2.24, 2.45) is 5.92 Å². The molecular formula is C23H26N2O2. The second kappa shape index (κ2) is 9.59. The molecule has 1 N–H and O–H groups in total. The lowest BCUT2D eigenvalue weighted by molar-refractivity contribution is -0.112. The van der Waals surface area contributed by atoms with Gasteiger partial charge in [-0.05, 0) is 61.1 Å². The Balaban J connectivity index is 2.09. The quantitative estimate of drug-likeness (QED) is 0.539. The summed E-state index contributed by atoms with van der Waals surface area (Å²) < 4.78 is 5.69. The summed E-state index contributed by atoms with van der Waals surface area (Å²) in [6, 6.07) is 15.2. The van der Waals surface area contributed by atoms with E-state index in [-0.39, 0.29) is 5.57 Å². The van der Waals surface area contributed by atoms with Gasteiger partial charge in [0.1, 0.15) is 17.4 Å². The first-order chi connectivity index (χ1) is 12.9. The second-order valence-corrected chi connectivity index (χ2v) is 6.99. The van der Waals surface area contributed by atoms with E-state index in [4.69, 9.17) is 4.74 Å². The van der Waals surface area contributed by atoms with Crippen LogP contribution in [0.25, 0.3) is 6.08 Å². The van der Waals surface area contributed by atoms with Crippen LogP contribution >= 0.6 is 0 Å². The van der Waals surface area contributed by atoms with E-state index in [1.54, 1.807) is 6.08 Å². The molecular weight excluding hydrogens is 336 g/mol. The van der Waals surface area contributed by atoms with Gasteiger partial charge < -0.3 is 10.1 Å². The Hall–Kier alpha value is -3.06. The standard InChI is InChI=1S/C23H26N2O2/c1-16(2)12-13-27-21-10-8-19(9-11-21)14-20(15-24)23(26)25-22-17(3)6-5-7-18(22)4/h5-11,14,16H,12-13H2,1-4H3,(H,25,26)/b20-14-. The molecule has 0 unspecified atom stereocenters. The van der Waals surface area contributed by atoms with Crippen LogP contribution in [0.15, 0.2) is 48.0 Å². The first kappa shape index (κ1) is 20.3. The lowest BCUT2D eigenvalue weighted by Crippen LogP contribution is -2.15. The fraction of sp³-hybridized carbons (Fsp3) is 0.304. The largest absolute Gasteiger partial charge is 0.494 e. The maximum Gasteiger partial charge on any atom is 0.266 e. The average molecular weight is 362 g/mol. The predicted octanol–water partition coefficient (Wildman–Crippen LogP) is 5.27. The number of hydrogen-bond acceptors (Lipinski definition) is 3. The molecule has 0 aliphatic heterocycles. The highest BCUT2D eigenvalue weighted by Crippen LogP contribution is 2.21. The Bertz CT molecular complexity index is 839. The number of anilines is 1. The number of nitriles is 1. The van der Waals surface area contributed by atoms with E-state index in [1.165, 1.54) is 0 Å². The number of nitrogens with one attached hydrogen (secondary N) is 1. The smallest absolute Gasteiger partial charge is 0.266 e. The van der Waals surface area contributed by atoms with Crippen molar-refractivity contribution < 1.29 is 9.53 Å². The number of rotatable bonds is 7. The van der Waals surface area contributed by atoms with Crippen LogP contribution in [0.4, 0.5) is 5.69 Å². The number of carbonyl (C=O) groups is 1. The minimum atomic E-state index is -0.410. The minimum absolute atomic E-state index is 0.0612. The third-order valence-electron chi connectivity index (χ3n) is 4.24. The van der Waals surface area contributed by atoms with Crippen molar-refractivity contribution in [2.45, 2.75) is 34.1 Å². The summed E-state index contributed by atoms with van der Waals surface area (Å²) in [6.45, 7) is 8.84. The molecule has 4 heteroatoms. The summed E-state index contributed by atoms with van der Waals surface area (Å²) in [5.41, 5.74) is 3.51. The summed E-state index contributed by atoms with van der Waals surface area (Å²) >= 11 is 0. The van der Waals surface area contributed by atoms with Crippen molar-refractivity contribution in [3.05, 3.63) is 64.7 Å². The number of amides is 1. The van der Waals surface area contributed by atoms with Gasteiger partial charge in [0.05, 0.1) is 6.61 Å². The van der Waals surface area contributed by atoms with Gasteiger partial charge in [0, 0.05) is 5.69 Å². The van der Waals surface area contributed by atoms with Crippen LogP contribution in [0.3, 0.4) is 0 Å². The van der Waals surface area contributed by atoms with E-state index < -0.39 is 5.91 Å². The summed E-state index contributed by atoms with van der Waals surface area (Å²) in [6.07, 6.45) is 2.58. The van der Waals surface area contributed by atoms with Crippen LogP contribution in [0, 0.1) is 31.1 Å². The Morgan fingerprint density at radius 3 is 2.33 bits per heavy atom. The molecule has 0 spiro atoms.